The van der Waals surface area contributed by atoms with Gasteiger partial charge in [-0.3, -0.25) is 0 Å². The molecule has 2 rings (SSSR count). The van der Waals surface area contributed by atoms with Crippen molar-refractivity contribution in [3.8, 4) is 5.82 Å². The van der Waals surface area contributed by atoms with E-state index >= 15 is 0 Å². The van der Waals surface area contributed by atoms with Gasteiger partial charge in [-0.2, -0.15) is 14.8 Å². The Labute approximate surface area is 99.1 Å². The molecule has 0 bridgehead atoms. The molecular weight excluding hydrogens is 218 g/mol. The Morgan fingerprint density at radius 2 is 2.12 bits per heavy atom. The van der Waals surface area contributed by atoms with Gasteiger partial charge in [0.2, 0.25) is 11.9 Å². The first-order chi connectivity index (χ1) is 7.96. The maximum atomic E-state index is 5.77. The van der Waals surface area contributed by atoms with Gasteiger partial charge in [-0.15, -0.1) is 10.2 Å². The van der Waals surface area contributed by atoms with Gasteiger partial charge in [0.15, 0.2) is 5.82 Å². The lowest BCUT2D eigenvalue weighted by Gasteiger charge is -2.18. The van der Waals surface area contributed by atoms with E-state index < -0.39 is 0 Å². The molecule has 0 spiro atoms. The molecule has 17 heavy (non-hydrogen) atoms. The number of aromatic nitrogens is 5. The molecule has 0 aliphatic carbocycles. The summed E-state index contributed by atoms with van der Waals surface area (Å²) in [6, 6.07) is 3.53. The van der Waals surface area contributed by atoms with Crippen molar-refractivity contribution >= 4 is 11.9 Å². The van der Waals surface area contributed by atoms with E-state index in [0.717, 1.165) is 0 Å². The zero-order valence-electron chi connectivity index (χ0n) is 10.0. The summed E-state index contributed by atoms with van der Waals surface area (Å²) in [5.41, 5.74) is 5.65. The standard InChI is InChI=1S/C10H15N7/c1-10(2,3)14-9-13-8(11)17(16-9)7-5-4-6-12-15-7/h4-6H,1-3H3,(H3,11,13,14,16). The summed E-state index contributed by atoms with van der Waals surface area (Å²) in [6.45, 7) is 6.06. The van der Waals surface area contributed by atoms with Crippen LogP contribution in [0.2, 0.25) is 0 Å². The van der Waals surface area contributed by atoms with E-state index in [2.05, 4.69) is 25.6 Å². The van der Waals surface area contributed by atoms with Crippen LogP contribution in [0.25, 0.3) is 5.82 Å². The Bertz CT molecular complexity index is 497. The molecule has 0 aliphatic rings. The van der Waals surface area contributed by atoms with E-state index in [-0.39, 0.29) is 11.5 Å². The smallest absolute Gasteiger partial charge is 0.244 e. The van der Waals surface area contributed by atoms with Gasteiger partial charge in [0.1, 0.15) is 0 Å². The van der Waals surface area contributed by atoms with Gasteiger partial charge >= 0.3 is 0 Å². The first-order valence-electron chi connectivity index (χ1n) is 5.24. The monoisotopic (exact) mass is 233 g/mol. The minimum atomic E-state index is -0.124. The zero-order valence-corrected chi connectivity index (χ0v) is 10.0. The van der Waals surface area contributed by atoms with E-state index in [9.17, 15) is 0 Å². The third kappa shape index (κ3) is 2.68. The highest BCUT2D eigenvalue weighted by atomic mass is 15.5. The lowest BCUT2D eigenvalue weighted by molar-refractivity contribution is 0.625. The van der Waals surface area contributed by atoms with Crippen LogP contribution in [0.1, 0.15) is 20.8 Å². The molecule has 7 nitrogen and oxygen atoms in total. The SMILES string of the molecule is CC(C)(C)Nc1nc(N)n(-c2cccnn2)n1. The topological polar surface area (TPSA) is 94.5 Å². The van der Waals surface area contributed by atoms with Crippen LogP contribution in [-0.2, 0) is 0 Å². The van der Waals surface area contributed by atoms with E-state index in [1.165, 1.54) is 4.68 Å². The third-order valence-electron chi connectivity index (χ3n) is 1.89. The van der Waals surface area contributed by atoms with Crippen LogP contribution in [0.3, 0.4) is 0 Å². The van der Waals surface area contributed by atoms with Gasteiger partial charge in [-0.05, 0) is 32.9 Å². The predicted octanol–water partition coefficient (Wildman–Crippen LogP) is 0.850. The van der Waals surface area contributed by atoms with E-state index in [1.807, 2.05) is 20.8 Å². The summed E-state index contributed by atoms with van der Waals surface area (Å²) in [7, 11) is 0. The molecule has 2 aromatic rings. The highest BCUT2D eigenvalue weighted by Gasteiger charge is 2.15. The molecule has 0 aromatic carbocycles. The quantitative estimate of drug-likeness (QED) is 0.798. The Balaban J connectivity index is 2.32. The second-order valence-electron chi connectivity index (χ2n) is 4.66. The predicted molar refractivity (Wildman–Crippen MR) is 64.7 cm³/mol. The number of nitrogens with one attached hydrogen (secondary N) is 1. The second-order valence-corrected chi connectivity index (χ2v) is 4.66. The number of nitrogen functional groups attached to an aromatic ring is 1. The molecule has 0 atom stereocenters. The number of nitrogens with two attached hydrogens (primary N) is 1. The van der Waals surface area contributed by atoms with Crippen LogP contribution < -0.4 is 11.1 Å². The summed E-state index contributed by atoms with van der Waals surface area (Å²) >= 11 is 0. The highest BCUT2D eigenvalue weighted by molar-refractivity contribution is 5.38. The van der Waals surface area contributed by atoms with Crippen molar-refractivity contribution in [1.82, 2.24) is 25.0 Å². The van der Waals surface area contributed by atoms with Gasteiger partial charge < -0.3 is 11.1 Å². The van der Waals surface area contributed by atoms with Crippen molar-refractivity contribution < 1.29 is 0 Å². The maximum Gasteiger partial charge on any atom is 0.244 e. The molecule has 0 aliphatic heterocycles. The Morgan fingerprint density at radius 3 is 2.71 bits per heavy atom. The van der Waals surface area contributed by atoms with Crippen molar-refractivity contribution in [2.24, 2.45) is 0 Å². The number of anilines is 2. The summed E-state index contributed by atoms with van der Waals surface area (Å²) in [5, 5.41) is 15.1. The average Bonchev–Trinajstić information content (AvgIpc) is 2.58. The molecule has 2 aromatic heterocycles. The lowest BCUT2D eigenvalue weighted by atomic mass is 10.1. The first kappa shape index (κ1) is 11.3. The molecule has 0 fully saturated rings. The second kappa shape index (κ2) is 4.00. The van der Waals surface area contributed by atoms with Crippen LogP contribution in [-0.4, -0.2) is 30.5 Å². The maximum absolute atomic E-state index is 5.77. The largest absolute Gasteiger partial charge is 0.368 e. The first-order valence-corrected chi connectivity index (χ1v) is 5.24. The summed E-state index contributed by atoms with van der Waals surface area (Å²) in [4.78, 5) is 4.12. The van der Waals surface area contributed by atoms with Crippen LogP contribution in [0.15, 0.2) is 18.3 Å². The van der Waals surface area contributed by atoms with Crippen LogP contribution in [0.5, 0.6) is 0 Å². The number of rotatable bonds is 2. The van der Waals surface area contributed by atoms with Crippen molar-refractivity contribution in [3.63, 3.8) is 0 Å². The van der Waals surface area contributed by atoms with Gasteiger partial charge in [0.25, 0.3) is 0 Å². The minimum absolute atomic E-state index is 0.124. The van der Waals surface area contributed by atoms with Crippen molar-refractivity contribution in [3.05, 3.63) is 18.3 Å². The molecule has 0 amide bonds. The van der Waals surface area contributed by atoms with Gasteiger partial charge in [-0.25, -0.2) is 0 Å². The van der Waals surface area contributed by atoms with Gasteiger partial charge in [-0.1, -0.05) is 0 Å². The molecule has 7 heteroatoms. The van der Waals surface area contributed by atoms with Crippen LogP contribution in [0, 0.1) is 0 Å². The molecule has 0 saturated heterocycles. The fourth-order valence-electron chi connectivity index (χ4n) is 1.29. The highest BCUT2D eigenvalue weighted by Crippen LogP contribution is 2.14. The van der Waals surface area contributed by atoms with E-state index in [0.29, 0.717) is 11.8 Å². The third-order valence-corrected chi connectivity index (χ3v) is 1.89. The lowest BCUT2D eigenvalue weighted by Crippen LogP contribution is -2.26. The summed E-state index contributed by atoms with van der Waals surface area (Å²) in [6.07, 6.45) is 1.59. The zero-order chi connectivity index (χ0) is 12.5. The fraction of sp³-hybridized carbons (Fsp3) is 0.400. The molecule has 3 N–H and O–H groups in total. The summed E-state index contributed by atoms with van der Waals surface area (Å²) in [5.74, 6) is 1.29. The normalized spacial score (nSPS) is 11.5. The van der Waals surface area contributed by atoms with Crippen molar-refractivity contribution in [2.75, 3.05) is 11.1 Å². The molecule has 0 radical (unpaired) electrons. The van der Waals surface area contributed by atoms with Gasteiger partial charge in [0, 0.05) is 11.7 Å². The Morgan fingerprint density at radius 1 is 1.35 bits per heavy atom. The minimum Gasteiger partial charge on any atom is -0.368 e. The average molecular weight is 233 g/mol. The Hall–Kier alpha value is -2.18. The molecule has 0 unspecified atom stereocenters. The van der Waals surface area contributed by atoms with Crippen LogP contribution >= 0.6 is 0 Å². The summed E-state index contributed by atoms with van der Waals surface area (Å²) < 4.78 is 1.45. The van der Waals surface area contributed by atoms with Crippen LogP contribution in [0.4, 0.5) is 11.9 Å². The number of hydrogen-bond acceptors (Lipinski definition) is 6. The van der Waals surface area contributed by atoms with Gasteiger partial charge in [0.05, 0.1) is 0 Å². The van der Waals surface area contributed by atoms with Crippen molar-refractivity contribution in [2.45, 2.75) is 26.3 Å². The van der Waals surface area contributed by atoms with Crippen molar-refractivity contribution in [1.29, 1.82) is 0 Å². The number of hydrogen-bond donors (Lipinski definition) is 2. The molecule has 2 heterocycles. The molecule has 0 saturated carbocycles. The fourth-order valence-corrected chi connectivity index (χ4v) is 1.29. The van der Waals surface area contributed by atoms with E-state index in [1.54, 1.807) is 18.3 Å². The number of nitrogens with zero attached hydrogens (tertiary/aromatic N) is 5. The Kier molecular flexibility index (Phi) is 2.66. The van der Waals surface area contributed by atoms with E-state index in [4.69, 9.17) is 5.73 Å². The molecule has 90 valence electrons. The molecular formula is C10H15N7.